The molecule has 0 aliphatic carbocycles. The Hall–Kier alpha value is -2.43. The number of amides is 2. The number of furan rings is 1. The van der Waals surface area contributed by atoms with Gasteiger partial charge in [-0.3, -0.25) is 9.59 Å². The normalized spacial score (nSPS) is 18.1. The second kappa shape index (κ2) is 9.21. The van der Waals surface area contributed by atoms with E-state index in [9.17, 15) is 22.4 Å². The van der Waals surface area contributed by atoms with Crippen LogP contribution in [0.1, 0.15) is 40.2 Å². The summed E-state index contributed by atoms with van der Waals surface area (Å²) in [5, 5.41) is -0.200. The van der Waals surface area contributed by atoms with Crippen molar-refractivity contribution in [2.75, 3.05) is 39.3 Å². The lowest BCUT2D eigenvalue weighted by Crippen LogP contribution is -2.50. The lowest BCUT2D eigenvalue weighted by Gasteiger charge is -2.34. The van der Waals surface area contributed by atoms with Gasteiger partial charge < -0.3 is 14.2 Å². The van der Waals surface area contributed by atoms with Crippen LogP contribution in [0.2, 0.25) is 5.02 Å². The Morgan fingerprint density at radius 2 is 1.50 bits per heavy atom. The van der Waals surface area contributed by atoms with Crippen LogP contribution in [0, 0.1) is 5.82 Å². The van der Waals surface area contributed by atoms with E-state index in [0.717, 1.165) is 25.3 Å². The molecule has 2 aliphatic heterocycles. The molecular formula is C21H23ClFN3O5S. The molecule has 3 heterocycles. The van der Waals surface area contributed by atoms with E-state index in [4.69, 9.17) is 16.0 Å². The second-order valence-corrected chi connectivity index (χ2v) is 10.1. The maximum Gasteiger partial charge on any atom is 0.289 e. The topological polar surface area (TPSA) is 91.1 Å². The fourth-order valence-electron chi connectivity index (χ4n) is 3.91. The van der Waals surface area contributed by atoms with Gasteiger partial charge in [-0.25, -0.2) is 12.8 Å². The minimum Gasteiger partial charge on any atom is -0.438 e. The summed E-state index contributed by atoms with van der Waals surface area (Å²) in [4.78, 5) is 28.5. The number of piperidine rings is 1. The Kier molecular flexibility index (Phi) is 6.55. The molecule has 11 heteroatoms. The molecule has 1 aromatic heterocycles. The van der Waals surface area contributed by atoms with Crippen LogP contribution in [-0.4, -0.2) is 73.6 Å². The Morgan fingerprint density at radius 1 is 0.875 bits per heavy atom. The molecule has 0 atom stereocenters. The summed E-state index contributed by atoms with van der Waals surface area (Å²) in [6, 6.07) is 6.28. The number of sulfonamides is 1. The lowest BCUT2D eigenvalue weighted by molar-refractivity contribution is 0.0515. The van der Waals surface area contributed by atoms with E-state index in [1.165, 1.54) is 38.4 Å². The molecule has 2 saturated heterocycles. The molecule has 0 radical (unpaired) electrons. The molecule has 0 unspecified atom stereocenters. The second-order valence-electron chi connectivity index (χ2n) is 7.79. The number of rotatable bonds is 4. The number of halogens is 2. The molecule has 2 aromatic rings. The SMILES string of the molecule is O=C(c1ccc(S(=O)(=O)N2CCCCC2)o1)N1CCN(C(=O)c2ccc(F)cc2Cl)CC1. The molecule has 32 heavy (non-hydrogen) atoms. The van der Waals surface area contributed by atoms with Crippen molar-refractivity contribution in [2.45, 2.75) is 24.4 Å². The molecule has 0 spiro atoms. The molecule has 0 bridgehead atoms. The van der Waals surface area contributed by atoms with Crippen molar-refractivity contribution in [2.24, 2.45) is 0 Å². The van der Waals surface area contributed by atoms with Gasteiger partial charge in [-0.1, -0.05) is 18.0 Å². The van der Waals surface area contributed by atoms with Crippen LogP contribution < -0.4 is 0 Å². The zero-order chi connectivity index (χ0) is 22.9. The van der Waals surface area contributed by atoms with Crippen molar-refractivity contribution in [3.05, 3.63) is 52.5 Å². The fraction of sp³-hybridized carbons (Fsp3) is 0.429. The monoisotopic (exact) mass is 483 g/mol. The van der Waals surface area contributed by atoms with Crippen LogP contribution in [0.4, 0.5) is 4.39 Å². The summed E-state index contributed by atoms with van der Waals surface area (Å²) < 4.78 is 45.5. The smallest absolute Gasteiger partial charge is 0.289 e. The molecular weight excluding hydrogens is 461 g/mol. The van der Waals surface area contributed by atoms with Gasteiger partial charge in [0.15, 0.2) is 5.76 Å². The average molecular weight is 484 g/mol. The number of carbonyl (C=O) groups excluding carboxylic acids is 2. The Labute approximate surface area is 190 Å². The van der Waals surface area contributed by atoms with Gasteiger partial charge in [0, 0.05) is 39.3 Å². The maximum absolute atomic E-state index is 13.2. The quantitative estimate of drug-likeness (QED) is 0.667. The number of piperazine rings is 1. The maximum atomic E-state index is 13.2. The Bertz CT molecular complexity index is 1120. The van der Waals surface area contributed by atoms with Crippen LogP contribution in [0.25, 0.3) is 0 Å². The molecule has 2 aliphatic rings. The van der Waals surface area contributed by atoms with Gasteiger partial charge in [-0.15, -0.1) is 0 Å². The Balaban J connectivity index is 1.39. The summed E-state index contributed by atoms with van der Waals surface area (Å²) in [6.07, 6.45) is 2.60. The molecule has 172 valence electrons. The summed E-state index contributed by atoms with van der Waals surface area (Å²) in [6.45, 7) is 1.91. The lowest BCUT2D eigenvalue weighted by atomic mass is 10.1. The standard InChI is InChI=1S/C21H23ClFN3O5S/c22-17-14-15(23)4-5-16(17)20(27)24-10-12-25(13-11-24)21(28)18-6-7-19(31-18)32(29,30)26-8-2-1-3-9-26/h4-7,14H,1-3,8-13H2. The number of nitrogens with zero attached hydrogens (tertiary/aromatic N) is 3. The van der Waals surface area contributed by atoms with Crippen LogP contribution in [0.15, 0.2) is 39.8 Å². The van der Waals surface area contributed by atoms with E-state index in [-0.39, 0.29) is 53.5 Å². The fourth-order valence-corrected chi connectivity index (χ4v) is 5.58. The van der Waals surface area contributed by atoms with Crippen LogP contribution in [0.5, 0.6) is 0 Å². The zero-order valence-electron chi connectivity index (χ0n) is 17.3. The van der Waals surface area contributed by atoms with E-state index < -0.39 is 21.7 Å². The summed E-state index contributed by atoms with van der Waals surface area (Å²) in [7, 11) is -3.76. The molecule has 0 saturated carbocycles. The highest BCUT2D eigenvalue weighted by Gasteiger charge is 2.32. The predicted molar refractivity (Wildman–Crippen MR) is 115 cm³/mol. The predicted octanol–water partition coefficient (Wildman–Crippen LogP) is 2.84. The zero-order valence-corrected chi connectivity index (χ0v) is 18.9. The number of carbonyl (C=O) groups is 2. The van der Waals surface area contributed by atoms with Crippen molar-refractivity contribution >= 4 is 33.4 Å². The van der Waals surface area contributed by atoms with Crippen LogP contribution >= 0.6 is 11.6 Å². The van der Waals surface area contributed by atoms with Gasteiger partial charge >= 0.3 is 0 Å². The highest BCUT2D eigenvalue weighted by Crippen LogP contribution is 2.24. The minimum atomic E-state index is -3.76. The van der Waals surface area contributed by atoms with E-state index in [0.29, 0.717) is 13.1 Å². The van der Waals surface area contributed by atoms with Crippen molar-refractivity contribution in [1.82, 2.24) is 14.1 Å². The highest BCUT2D eigenvalue weighted by atomic mass is 35.5. The molecule has 2 amide bonds. The van der Waals surface area contributed by atoms with Gasteiger partial charge in [0.05, 0.1) is 10.6 Å². The summed E-state index contributed by atoms with van der Waals surface area (Å²) in [5.41, 5.74) is 0.200. The Morgan fingerprint density at radius 3 is 2.12 bits per heavy atom. The van der Waals surface area contributed by atoms with E-state index in [1.807, 2.05) is 0 Å². The van der Waals surface area contributed by atoms with Crippen molar-refractivity contribution in [3.63, 3.8) is 0 Å². The third-order valence-electron chi connectivity index (χ3n) is 5.72. The van der Waals surface area contributed by atoms with Gasteiger partial charge in [0.1, 0.15) is 5.82 Å². The first-order valence-electron chi connectivity index (χ1n) is 10.4. The van der Waals surface area contributed by atoms with Crippen LogP contribution in [-0.2, 0) is 10.0 Å². The van der Waals surface area contributed by atoms with Crippen molar-refractivity contribution in [3.8, 4) is 0 Å². The largest absolute Gasteiger partial charge is 0.438 e. The minimum absolute atomic E-state index is 0.0338. The third kappa shape index (κ3) is 4.53. The molecule has 4 rings (SSSR count). The molecule has 1 aromatic carbocycles. The van der Waals surface area contributed by atoms with E-state index in [1.54, 1.807) is 0 Å². The van der Waals surface area contributed by atoms with E-state index >= 15 is 0 Å². The summed E-state index contributed by atoms with van der Waals surface area (Å²) in [5.74, 6) is -1.35. The van der Waals surface area contributed by atoms with Gasteiger partial charge in [-0.05, 0) is 43.2 Å². The van der Waals surface area contributed by atoms with Gasteiger partial charge in [-0.2, -0.15) is 4.31 Å². The number of hydrogen-bond donors (Lipinski definition) is 0. The number of benzene rings is 1. The van der Waals surface area contributed by atoms with Crippen molar-refractivity contribution < 1.29 is 26.8 Å². The first-order valence-corrected chi connectivity index (χ1v) is 12.2. The van der Waals surface area contributed by atoms with Gasteiger partial charge in [0.2, 0.25) is 5.09 Å². The summed E-state index contributed by atoms with van der Waals surface area (Å²) >= 11 is 5.98. The molecule has 0 N–H and O–H groups in total. The number of hydrogen-bond acceptors (Lipinski definition) is 5. The molecule has 2 fully saturated rings. The molecule has 8 nitrogen and oxygen atoms in total. The average Bonchev–Trinajstić information content (AvgIpc) is 3.30. The first kappa shape index (κ1) is 22.8. The third-order valence-corrected chi connectivity index (χ3v) is 7.80. The van der Waals surface area contributed by atoms with Crippen LogP contribution in [0.3, 0.4) is 0 Å². The first-order chi connectivity index (χ1) is 15.3. The van der Waals surface area contributed by atoms with Crippen molar-refractivity contribution in [1.29, 1.82) is 0 Å². The highest BCUT2D eigenvalue weighted by molar-refractivity contribution is 7.89. The van der Waals surface area contributed by atoms with Gasteiger partial charge in [0.25, 0.3) is 21.8 Å². The van der Waals surface area contributed by atoms with E-state index in [2.05, 4.69) is 0 Å².